The molecule has 21 heavy (non-hydrogen) atoms. The molecule has 114 valence electrons. The Morgan fingerprint density at radius 3 is 2.29 bits per heavy atom. The van der Waals surface area contributed by atoms with Crippen molar-refractivity contribution < 1.29 is 4.74 Å². The summed E-state index contributed by atoms with van der Waals surface area (Å²) >= 11 is 1.87. The number of hydrogen-bond acceptors (Lipinski definition) is 3. The average molecular weight is 303 g/mol. The van der Waals surface area contributed by atoms with Crippen molar-refractivity contribution in [2.45, 2.75) is 53.3 Å². The van der Waals surface area contributed by atoms with Crippen LogP contribution in [0.4, 0.5) is 0 Å². The molecule has 3 heteroatoms. The van der Waals surface area contributed by atoms with Crippen LogP contribution in [0.1, 0.15) is 47.7 Å². The Hall–Kier alpha value is -1.32. The average Bonchev–Trinajstić information content (AvgIpc) is 2.76. The Balaban J connectivity index is 1.92. The predicted octanol–water partition coefficient (Wildman–Crippen LogP) is 5.00. The van der Waals surface area contributed by atoms with Gasteiger partial charge in [0.25, 0.3) is 0 Å². The first-order valence-electron chi connectivity index (χ1n) is 7.51. The summed E-state index contributed by atoms with van der Waals surface area (Å²) in [4.78, 5) is 2.79. The van der Waals surface area contributed by atoms with E-state index in [4.69, 9.17) is 4.74 Å². The smallest absolute Gasteiger partial charge is 0.119 e. The van der Waals surface area contributed by atoms with Gasteiger partial charge in [-0.2, -0.15) is 0 Å². The summed E-state index contributed by atoms with van der Waals surface area (Å²) in [7, 11) is 0. The molecule has 1 N–H and O–H groups in total. The molecule has 1 aromatic carbocycles. The zero-order valence-electron chi connectivity index (χ0n) is 13.6. The van der Waals surface area contributed by atoms with E-state index in [9.17, 15) is 0 Å². The minimum Gasteiger partial charge on any atom is -0.491 e. The van der Waals surface area contributed by atoms with Crippen molar-refractivity contribution in [3.8, 4) is 5.75 Å². The van der Waals surface area contributed by atoms with Crippen LogP contribution in [-0.4, -0.2) is 6.10 Å². The minimum absolute atomic E-state index is 0.221. The summed E-state index contributed by atoms with van der Waals surface area (Å²) in [5, 5.41) is 3.60. The van der Waals surface area contributed by atoms with Gasteiger partial charge in [0.1, 0.15) is 5.75 Å². The van der Waals surface area contributed by atoms with Gasteiger partial charge in [0, 0.05) is 22.3 Å². The third-order valence-corrected chi connectivity index (χ3v) is 4.44. The normalized spacial score (nSPS) is 12.7. The Labute approximate surface area is 132 Å². The van der Waals surface area contributed by atoms with Crippen molar-refractivity contribution in [3.05, 3.63) is 51.2 Å². The van der Waals surface area contributed by atoms with Crippen molar-refractivity contribution in [1.29, 1.82) is 0 Å². The highest BCUT2D eigenvalue weighted by molar-refractivity contribution is 7.12. The number of nitrogens with one attached hydrogen (secondary N) is 1. The number of aryl methyl sites for hydroxylation is 2. The second-order valence-corrected chi connectivity index (χ2v) is 7.24. The number of hydrogen-bond donors (Lipinski definition) is 1. The van der Waals surface area contributed by atoms with Crippen LogP contribution in [0.5, 0.6) is 5.75 Å². The maximum Gasteiger partial charge on any atom is 0.119 e. The molecule has 1 unspecified atom stereocenters. The molecule has 0 aliphatic rings. The van der Waals surface area contributed by atoms with Crippen LogP contribution in [0.3, 0.4) is 0 Å². The van der Waals surface area contributed by atoms with Crippen molar-refractivity contribution in [2.24, 2.45) is 0 Å². The monoisotopic (exact) mass is 303 g/mol. The number of ether oxygens (including phenoxy) is 1. The molecule has 0 spiro atoms. The second kappa shape index (κ2) is 7.10. The molecule has 0 aliphatic carbocycles. The highest BCUT2D eigenvalue weighted by Crippen LogP contribution is 2.26. The first-order chi connectivity index (χ1) is 9.95. The second-order valence-electron chi connectivity index (χ2n) is 5.78. The molecular weight excluding hydrogens is 278 g/mol. The van der Waals surface area contributed by atoms with Gasteiger partial charge in [0.2, 0.25) is 0 Å². The molecule has 1 heterocycles. The molecule has 2 aromatic rings. The van der Waals surface area contributed by atoms with Gasteiger partial charge < -0.3 is 10.1 Å². The number of thiophene rings is 1. The fraction of sp³-hybridized carbons (Fsp3) is 0.444. The fourth-order valence-corrected chi connectivity index (χ4v) is 3.44. The lowest BCUT2D eigenvalue weighted by Crippen LogP contribution is -2.18. The Morgan fingerprint density at radius 1 is 1.10 bits per heavy atom. The molecule has 0 radical (unpaired) electrons. The van der Waals surface area contributed by atoms with E-state index in [1.54, 1.807) is 0 Å². The zero-order chi connectivity index (χ0) is 15.4. The van der Waals surface area contributed by atoms with Crippen molar-refractivity contribution >= 4 is 11.3 Å². The number of benzene rings is 1. The van der Waals surface area contributed by atoms with Gasteiger partial charge in [-0.3, -0.25) is 0 Å². The van der Waals surface area contributed by atoms with E-state index >= 15 is 0 Å². The SMILES string of the molecule is Cc1cc(C(C)NCc2ccc(OC(C)C)cc2)c(C)s1. The molecule has 0 saturated carbocycles. The molecule has 0 fully saturated rings. The van der Waals surface area contributed by atoms with Gasteiger partial charge >= 0.3 is 0 Å². The summed E-state index contributed by atoms with van der Waals surface area (Å²) in [6.07, 6.45) is 0.221. The van der Waals surface area contributed by atoms with Gasteiger partial charge in [-0.1, -0.05) is 12.1 Å². The minimum atomic E-state index is 0.221. The zero-order valence-corrected chi connectivity index (χ0v) is 14.4. The van der Waals surface area contributed by atoms with E-state index in [0.717, 1.165) is 12.3 Å². The fourth-order valence-electron chi connectivity index (χ4n) is 2.42. The summed E-state index contributed by atoms with van der Waals surface area (Å²) in [6.45, 7) is 11.6. The van der Waals surface area contributed by atoms with Crippen LogP contribution in [0, 0.1) is 13.8 Å². The third-order valence-electron chi connectivity index (χ3n) is 3.45. The first-order valence-corrected chi connectivity index (χ1v) is 8.33. The summed E-state index contributed by atoms with van der Waals surface area (Å²) in [5.74, 6) is 0.936. The molecule has 2 rings (SSSR count). The molecule has 1 atom stereocenters. The van der Waals surface area contributed by atoms with Crippen LogP contribution in [0.15, 0.2) is 30.3 Å². The topological polar surface area (TPSA) is 21.3 Å². The molecule has 2 nitrogen and oxygen atoms in total. The molecule has 0 amide bonds. The molecule has 1 aromatic heterocycles. The van der Waals surface area contributed by atoms with Crippen LogP contribution in [0.25, 0.3) is 0 Å². The maximum atomic E-state index is 5.66. The molecule has 0 bridgehead atoms. The van der Waals surface area contributed by atoms with Crippen LogP contribution in [0.2, 0.25) is 0 Å². The largest absolute Gasteiger partial charge is 0.491 e. The summed E-state index contributed by atoms with van der Waals surface area (Å²) in [5.41, 5.74) is 2.69. The lowest BCUT2D eigenvalue weighted by Gasteiger charge is -2.15. The van der Waals surface area contributed by atoms with E-state index in [2.05, 4.69) is 44.3 Å². The molecular formula is C18H25NOS. The Bertz CT molecular complexity index is 571. The van der Waals surface area contributed by atoms with Crippen molar-refractivity contribution in [1.82, 2.24) is 5.32 Å². The van der Waals surface area contributed by atoms with Gasteiger partial charge in [-0.05, 0) is 63.9 Å². The summed E-state index contributed by atoms with van der Waals surface area (Å²) < 4.78 is 5.66. The quantitative estimate of drug-likeness (QED) is 0.810. The lowest BCUT2D eigenvalue weighted by molar-refractivity contribution is 0.242. The van der Waals surface area contributed by atoms with Gasteiger partial charge in [-0.15, -0.1) is 11.3 Å². The Kier molecular flexibility index (Phi) is 5.43. The number of rotatable bonds is 6. The van der Waals surface area contributed by atoms with E-state index in [-0.39, 0.29) is 6.10 Å². The van der Waals surface area contributed by atoms with Gasteiger partial charge in [0.15, 0.2) is 0 Å². The highest BCUT2D eigenvalue weighted by atomic mass is 32.1. The standard InChI is InChI=1S/C18H25NOS/c1-12(2)20-17-8-6-16(7-9-17)11-19-14(4)18-10-13(3)21-15(18)5/h6-10,12,14,19H,11H2,1-5H3. The molecule has 0 saturated heterocycles. The van der Waals surface area contributed by atoms with Crippen molar-refractivity contribution in [3.63, 3.8) is 0 Å². The molecule has 0 aliphatic heterocycles. The van der Waals surface area contributed by atoms with E-state index < -0.39 is 0 Å². The highest BCUT2D eigenvalue weighted by Gasteiger charge is 2.10. The maximum absolute atomic E-state index is 5.66. The van der Waals surface area contributed by atoms with Crippen molar-refractivity contribution in [2.75, 3.05) is 0 Å². The van der Waals surface area contributed by atoms with E-state index in [1.165, 1.54) is 20.9 Å². The predicted molar refractivity (Wildman–Crippen MR) is 91.3 cm³/mol. The lowest BCUT2D eigenvalue weighted by atomic mass is 10.1. The van der Waals surface area contributed by atoms with E-state index in [0.29, 0.717) is 6.04 Å². The summed E-state index contributed by atoms with van der Waals surface area (Å²) in [6, 6.07) is 11.0. The first kappa shape index (κ1) is 16.1. The van der Waals surface area contributed by atoms with E-state index in [1.807, 2.05) is 37.3 Å². The van der Waals surface area contributed by atoms with Crippen LogP contribution >= 0.6 is 11.3 Å². The van der Waals surface area contributed by atoms with Crippen LogP contribution < -0.4 is 10.1 Å². The third kappa shape index (κ3) is 4.58. The van der Waals surface area contributed by atoms with Crippen LogP contribution in [-0.2, 0) is 6.54 Å². The van der Waals surface area contributed by atoms with Gasteiger partial charge in [-0.25, -0.2) is 0 Å². The van der Waals surface area contributed by atoms with Gasteiger partial charge in [0.05, 0.1) is 6.10 Å². The Morgan fingerprint density at radius 2 is 1.76 bits per heavy atom.